The minimum atomic E-state index is -0.534. The zero-order valence-corrected chi connectivity index (χ0v) is 15.2. The molecule has 1 fully saturated rings. The number of nitrogens with zero attached hydrogens (tertiary/aromatic N) is 1. The third kappa shape index (κ3) is 4.75. The molecule has 0 spiro atoms. The van der Waals surface area contributed by atoms with E-state index in [0.29, 0.717) is 26.6 Å². The van der Waals surface area contributed by atoms with Gasteiger partial charge in [0, 0.05) is 11.4 Å². The highest BCUT2D eigenvalue weighted by Gasteiger charge is 2.32. The van der Waals surface area contributed by atoms with Gasteiger partial charge < -0.3 is 10.6 Å². The molecule has 8 heteroatoms. The zero-order chi connectivity index (χ0) is 17.8. The van der Waals surface area contributed by atoms with Gasteiger partial charge in [0.2, 0.25) is 11.8 Å². The first-order valence-corrected chi connectivity index (χ1v) is 9.01. The summed E-state index contributed by atoms with van der Waals surface area (Å²) in [5.74, 6) is -0.527. The number of thioether (sulfide) groups is 1. The van der Waals surface area contributed by atoms with Gasteiger partial charge in [0.15, 0.2) is 5.17 Å². The highest BCUT2D eigenvalue weighted by atomic mass is 35.5. The molecule has 128 valence electrons. The number of aliphatic imine (C=N–C) groups is 1. The zero-order valence-electron chi connectivity index (χ0n) is 12.8. The number of benzene rings is 2. The minimum Gasteiger partial charge on any atom is -0.325 e. The van der Waals surface area contributed by atoms with Crippen LogP contribution in [0.2, 0.25) is 10.0 Å². The van der Waals surface area contributed by atoms with Crippen LogP contribution in [0.3, 0.4) is 0 Å². The molecule has 2 amide bonds. The lowest BCUT2D eigenvalue weighted by Crippen LogP contribution is -2.28. The van der Waals surface area contributed by atoms with E-state index in [9.17, 15) is 9.59 Å². The number of carbonyl (C=O) groups excluding carboxylic acids is 2. The maximum Gasteiger partial charge on any atom is 0.240 e. The Morgan fingerprint density at radius 2 is 1.88 bits per heavy atom. The third-order valence-electron chi connectivity index (χ3n) is 3.35. The van der Waals surface area contributed by atoms with Crippen molar-refractivity contribution in [1.29, 1.82) is 0 Å². The molecule has 0 aromatic heterocycles. The van der Waals surface area contributed by atoms with Crippen molar-refractivity contribution in [2.75, 3.05) is 5.32 Å². The van der Waals surface area contributed by atoms with Gasteiger partial charge in [0.05, 0.1) is 16.4 Å². The van der Waals surface area contributed by atoms with Crippen LogP contribution in [0, 0.1) is 0 Å². The van der Waals surface area contributed by atoms with Crippen LogP contribution in [0.25, 0.3) is 0 Å². The Bertz CT molecular complexity index is 840. The highest BCUT2D eigenvalue weighted by molar-refractivity contribution is 8.15. The summed E-state index contributed by atoms with van der Waals surface area (Å²) < 4.78 is 0. The fraction of sp³-hybridized carbons (Fsp3) is 0.118. The van der Waals surface area contributed by atoms with Crippen LogP contribution in [-0.4, -0.2) is 22.2 Å². The Hall–Kier alpha value is -2.02. The molecule has 0 aliphatic carbocycles. The molecular weight excluding hydrogens is 381 g/mol. The van der Waals surface area contributed by atoms with E-state index < -0.39 is 5.25 Å². The van der Waals surface area contributed by atoms with E-state index in [1.807, 2.05) is 0 Å². The van der Waals surface area contributed by atoms with Crippen LogP contribution < -0.4 is 10.6 Å². The smallest absolute Gasteiger partial charge is 0.240 e. The van der Waals surface area contributed by atoms with Gasteiger partial charge in [-0.1, -0.05) is 47.1 Å². The maximum atomic E-state index is 12.2. The van der Waals surface area contributed by atoms with E-state index in [0.717, 1.165) is 0 Å². The van der Waals surface area contributed by atoms with E-state index in [1.165, 1.54) is 11.8 Å². The van der Waals surface area contributed by atoms with E-state index in [4.69, 9.17) is 23.2 Å². The predicted octanol–water partition coefficient (Wildman–Crippen LogP) is 4.24. The second-order valence-electron chi connectivity index (χ2n) is 5.22. The number of hydrogen-bond donors (Lipinski definition) is 2. The van der Waals surface area contributed by atoms with Crippen LogP contribution in [0.5, 0.6) is 0 Å². The Balaban J connectivity index is 1.62. The normalized spacial score (nSPS) is 18.2. The summed E-state index contributed by atoms with van der Waals surface area (Å²) in [5, 5.41) is 6.38. The predicted molar refractivity (Wildman–Crippen MR) is 103 cm³/mol. The second kappa shape index (κ2) is 7.91. The van der Waals surface area contributed by atoms with E-state index in [1.54, 1.807) is 48.5 Å². The van der Waals surface area contributed by atoms with Crippen molar-refractivity contribution in [3.63, 3.8) is 0 Å². The molecule has 25 heavy (non-hydrogen) atoms. The molecule has 1 heterocycles. The first-order valence-electron chi connectivity index (χ1n) is 7.37. The molecule has 1 aliphatic rings. The van der Waals surface area contributed by atoms with Gasteiger partial charge in [-0.25, -0.2) is 4.99 Å². The van der Waals surface area contributed by atoms with Crippen molar-refractivity contribution in [3.8, 4) is 0 Å². The summed E-state index contributed by atoms with van der Waals surface area (Å²) in [6, 6.07) is 13.9. The SMILES string of the molecule is O=C(C[C@H]1SC(=Nc2ccc(Cl)cc2)NC1=O)Nc1ccccc1Cl. The number of nitrogens with one attached hydrogen (secondary N) is 2. The van der Waals surface area contributed by atoms with Crippen LogP contribution in [0.4, 0.5) is 11.4 Å². The van der Waals surface area contributed by atoms with Gasteiger partial charge in [-0.3, -0.25) is 9.59 Å². The molecule has 2 aromatic rings. The summed E-state index contributed by atoms with van der Waals surface area (Å²) in [4.78, 5) is 28.5. The molecular formula is C17H13Cl2N3O2S. The van der Waals surface area contributed by atoms with Crippen molar-refractivity contribution in [2.24, 2.45) is 4.99 Å². The molecule has 0 saturated carbocycles. The average molecular weight is 394 g/mol. The van der Waals surface area contributed by atoms with E-state index in [-0.39, 0.29) is 18.2 Å². The quantitative estimate of drug-likeness (QED) is 0.815. The van der Waals surface area contributed by atoms with Crippen LogP contribution in [-0.2, 0) is 9.59 Å². The van der Waals surface area contributed by atoms with Gasteiger partial charge in [0.25, 0.3) is 0 Å². The van der Waals surface area contributed by atoms with Crippen LogP contribution in [0.1, 0.15) is 6.42 Å². The van der Waals surface area contributed by atoms with Gasteiger partial charge >= 0.3 is 0 Å². The lowest BCUT2D eigenvalue weighted by molar-refractivity contribution is -0.122. The molecule has 5 nitrogen and oxygen atoms in total. The molecule has 1 saturated heterocycles. The molecule has 1 aliphatic heterocycles. The molecule has 1 atom stereocenters. The number of anilines is 1. The number of hydrogen-bond acceptors (Lipinski definition) is 4. The van der Waals surface area contributed by atoms with Gasteiger partial charge in [-0.05, 0) is 36.4 Å². The van der Waals surface area contributed by atoms with Gasteiger partial charge in [-0.2, -0.15) is 0 Å². The van der Waals surface area contributed by atoms with E-state index in [2.05, 4.69) is 15.6 Å². The second-order valence-corrected chi connectivity index (χ2v) is 7.26. The van der Waals surface area contributed by atoms with Crippen molar-refractivity contribution in [3.05, 3.63) is 58.6 Å². The van der Waals surface area contributed by atoms with Crippen molar-refractivity contribution >= 4 is 63.3 Å². The number of amides is 2. The summed E-state index contributed by atoms with van der Waals surface area (Å²) in [5.41, 5.74) is 1.20. The van der Waals surface area contributed by atoms with Crippen molar-refractivity contribution < 1.29 is 9.59 Å². The Morgan fingerprint density at radius 1 is 1.16 bits per heavy atom. The number of para-hydroxylation sites is 1. The monoisotopic (exact) mass is 393 g/mol. The molecule has 0 bridgehead atoms. The van der Waals surface area contributed by atoms with Crippen LogP contribution in [0.15, 0.2) is 53.5 Å². The van der Waals surface area contributed by atoms with Gasteiger partial charge in [0.1, 0.15) is 5.25 Å². The number of rotatable bonds is 4. The topological polar surface area (TPSA) is 70.6 Å². The van der Waals surface area contributed by atoms with Crippen molar-refractivity contribution in [1.82, 2.24) is 5.32 Å². The molecule has 0 radical (unpaired) electrons. The average Bonchev–Trinajstić information content (AvgIpc) is 2.91. The summed E-state index contributed by atoms with van der Waals surface area (Å²) in [7, 11) is 0. The Morgan fingerprint density at radius 3 is 2.60 bits per heavy atom. The van der Waals surface area contributed by atoms with Crippen LogP contribution >= 0.6 is 35.0 Å². The first-order chi connectivity index (χ1) is 12.0. The lowest BCUT2D eigenvalue weighted by atomic mass is 10.2. The van der Waals surface area contributed by atoms with Gasteiger partial charge in [-0.15, -0.1) is 0 Å². The summed E-state index contributed by atoms with van der Waals surface area (Å²) in [6.07, 6.45) is 0.0291. The highest BCUT2D eigenvalue weighted by Crippen LogP contribution is 2.27. The summed E-state index contributed by atoms with van der Waals surface area (Å²) >= 11 is 13.1. The molecule has 2 N–H and O–H groups in total. The maximum absolute atomic E-state index is 12.2. The van der Waals surface area contributed by atoms with E-state index >= 15 is 0 Å². The summed E-state index contributed by atoms with van der Waals surface area (Å²) in [6.45, 7) is 0. The number of halogens is 2. The van der Waals surface area contributed by atoms with Crippen molar-refractivity contribution in [2.45, 2.75) is 11.7 Å². The largest absolute Gasteiger partial charge is 0.325 e. The fourth-order valence-electron chi connectivity index (χ4n) is 2.16. The number of carbonyl (C=O) groups is 2. The Labute approximate surface area is 158 Å². The number of amidine groups is 1. The molecule has 2 aromatic carbocycles. The minimum absolute atomic E-state index is 0.0291. The first kappa shape index (κ1) is 17.8. The standard InChI is InChI=1S/C17H13Cl2N3O2S/c18-10-5-7-11(8-6-10)20-17-22-16(24)14(25-17)9-15(23)21-13-4-2-1-3-12(13)19/h1-8,14H,9H2,(H,21,23)(H,20,22,24)/t14-/m1/s1. The molecule has 3 rings (SSSR count). The lowest BCUT2D eigenvalue weighted by Gasteiger charge is -2.08. The third-order valence-corrected chi connectivity index (χ3v) is 5.02. The molecule has 0 unspecified atom stereocenters. The Kier molecular flexibility index (Phi) is 5.63. The fourth-order valence-corrected chi connectivity index (χ4v) is 3.45.